The molecule has 122 valence electrons. The molecule has 0 saturated carbocycles. The molecule has 23 heavy (non-hydrogen) atoms. The summed E-state index contributed by atoms with van der Waals surface area (Å²) >= 11 is 1.36. The summed E-state index contributed by atoms with van der Waals surface area (Å²) in [5.74, 6) is -0.188. The van der Waals surface area contributed by atoms with Gasteiger partial charge in [-0.15, -0.1) is 11.3 Å². The van der Waals surface area contributed by atoms with Crippen LogP contribution >= 0.6 is 11.3 Å². The van der Waals surface area contributed by atoms with Crippen LogP contribution in [0.25, 0.3) is 0 Å². The Balaban J connectivity index is 1.74. The predicted molar refractivity (Wildman–Crippen MR) is 89.9 cm³/mol. The zero-order valence-electron chi connectivity index (χ0n) is 13.5. The molecule has 0 radical (unpaired) electrons. The molecule has 7 heteroatoms. The standard InChI is InChI=1S/C16H20N4O2S/c1-10-8-11(2)20(18-10)13-4-6-19(9-13)16(22)15-14(5-7-23-15)17-12(3)21/h5,7-8,13H,4,6,9H2,1-3H3,(H,17,21)/t13-/m0/s1. The highest BCUT2D eigenvalue weighted by atomic mass is 32.1. The Morgan fingerprint density at radius 3 is 2.83 bits per heavy atom. The average molecular weight is 332 g/mol. The van der Waals surface area contributed by atoms with Crippen LogP contribution in [0, 0.1) is 13.8 Å². The molecule has 1 fully saturated rings. The number of rotatable bonds is 3. The number of nitrogens with one attached hydrogen (secondary N) is 1. The van der Waals surface area contributed by atoms with Crippen molar-refractivity contribution in [2.45, 2.75) is 33.2 Å². The Kier molecular flexibility index (Phi) is 4.21. The Morgan fingerprint density at radius 2 is 2.17 bits per heavy atom. The summed E-state index contributed by atoms with van der Waals surface area (Å²) in [4.78, 5) is 26.4. The van der Waals surface area contributed by atoms with Crippen LogP contribution in [0.3, 0.4) is 0 Å². The highest BCUT2D eigenvalue weighted by molar-refractivity contribution is 7.12. The van der Waals surface area contributed by atoms with Crippen molar-refractivity contribution in [3.05, 3.63) is 33.8 Å². The van der Waals surface area contributed by atoms with Gasteiger partial charge in [0.25, 0.3) is 5.91 Å². The summed E-state index contributed by atoms with van der Waals surface area (Å²) in [6, 6.07) is 4.05. The van der Waals surface area contributed by atoms with E-state index in [-0.39, 0.29) is 17.9 Å². The first kappa shape index (κ1) is 15.7. The molecule has 0 unspecified atom stereocenters. The van der Waals surface area contributed by atoms with E-state index in [2.05, 4.69) is 16.5 Å². The van der Waals surface area contributed by atoms with Crippen molar-refractivity contribution >= 4 is 28.8 Å². The van der Waals surface area contributed by atoms with Crippen LogP contribution in [0.2, 0.25) is 0 Å². The van der Waals surface area contributed by atoms with E-state index < -0.39 is 0 Å². The number of anilines is 1. The van der Waals surface area contributed by atoms with Crippen molar-refractivity contribution in [2.75, 3.05) is 18.4 Å². The summed E-state index contributed by atoms with van der Waals surface area (Å²) in [7, 11) is 0. The normalized spacial score (nSPS) is 17.5. The minimum absolute atomic E-state index is 0.0206. The van der Waals surface area contributed by atoms with Gasteiger partial charge in [-0.1, -0.05) is 0 Å². The van der Waals surface area contributed by atoms with Crippen molar-refractivity contribution < 1.29 is 9.59 Å². The molecule has 1 aliphatic rings. The van der Waals surface area contributed by atoms with Gasteiger partial charge in [-0.2, -0.15) is 5.10 Å². The lowest BCUT2D eigenvalue weighted by molar-refractivity contribution is -0.114. The van der Waals surface area contributed by atoms with E-state index in [4.69, 9.17) is 0 Å². The van der Waals surface area contributed by atoms with E-state index in [1.807, 2.05) is 28.8 Å². The van der Waals surface area contributed by atoms with E-state index in [0.29, 0.717) is 23.7 Å². The minimum atomic E-state index is -0.167. The van der Waals surface area contributed by atoms with Crippen molar-refractivity contribution in [1.29, 1.82) is 0 Å². The van der Waals surface area contributed by atoms with Crippen molar-refractivity contribution in [3.63, 3.8) is 0 Å². The molecule has 2 aromatic heterocycles. The van der Waals surface area contributed by atoms with Crippen LogP contribution in [0.15, 0.2) is 17.5 Å². The van der Waals surface area contributed by atoms with E-state index in [1.54, 1.807) is 6.07 Å². The van der Waals surface area contributed by atoms with Gasteiger partial charge in [0.1, 0.15) is 4.88 Å². The van der Waals surface area contributed by atoms with Crippen LogP contribution in [0.1, 0.15) is 40.4 Å². The molecule has 1 aliphatic heterocycles. The number of likely N-dealkylation sites (tertiary alicyclic amines) is 1. The summed E-state index contributed by atoms with van der Waals surface area (Å²) in [5.41, 5.74) is 2.72. The minimum Gasteiger partial charge on any atom is -0.336 e. The molecule has 0 bridgehead atoms. The van der Waals surface area contributed by atoms with Gasteiger partial charge >= 0.3 is 0 Å². The first-order chi connectivity index (χ1) is 11.0. The molecule has 2 amide bonds. The van der Waals surface area contributed by atoms with Gasteiger partial charge in [0.15, 0.2) is 0 Å². The van der Waals surface area contributed by atoms with E-state index in [1.165, 1.54) is 18.3 Å². The molecule has 1 saturated heterocycles. The van der Waals surface area contributed by atoms with Gasteiger partial charge < -0.3 is 10.2 Å². The summed E-state index contributed by atoms with van der Waals surface area (Å²) in [5, 5.41) is 9.08. The average Bonchev–Trinajstić information content (AvgIpc) is 3.17. The van der Waals surface area contributed by atoms with Crippen LogP contribution in [0.5, 0.6) is 0 Å². The number of carbonyl (C=O) groups excluding carboxylic acids is 2. The lowest BCUT2D eigenvalue weighted by atomic mass is 10.2. The fraction of sp³-hybridized carbons (Fsp3) is 0.438. The van der Waals surface area contributed by atoms with Crippen molar-refractivity contribution in [3.8, 4) is 0 Å². The zero-order valence-corrected chi connectivity index (χ0v) is 14.3. The fourth-order valence-electron chi connectivity index (χ4n) is 3.05. The Morgan fingerprint density at radius 1 is 1.39 bits per heavy atom. The molecule has 1 atom stereocenters. The number of thiophene rings is 1. The summed E-state index contributed by atoms with van der Waals surface area (Å²) in [6.45, 7) is 6.82. The molecule has 2 aromatic rings. The number of carbonyl (C=O) groups is 2. The number of hydrogen-bond donors (Lipinski definition) is 1. The summed E-state index contributed by atoms with van der Waals surface area (Å²) < 4.78 is 2.02. The topological polar surface area (TPSA) is 67.2 Å². The fourth-order valence-corrected chi connectivity index (χ4v) is 3.86. The predicted octanol–water partition coefficient (Wildman–Crippen LogP) is 2.61. The first-order valence-electron chi connectivity index (χ1n) is 7.63. The SMILES string of the molecule is CC(=O)Nc1ccsc1C(=O)N1CC[C@H](n2nc(C)cc2C)C1. The van der Waals surface area contributed by atoms with Gasteiger partial charge in [-0.05, 0) is 37.8 Å². The lowest BCUT2D eigenvalue weighted by Gasteiger charge is -2.17. The second-order valence-electron chi connectivity index (χ2n) is 5.91. The van der Waals surface area contributed by atoms with E-state index in [0.717, 1.165) is 17.8 Å². The maximum absolute atomic E-state index is 12.7. The quantitative estimate of drug-likeness (QED) is 0.939. The maximum Gasteiger partial charge on any atom is 0.266 e. The second-order valence-corrected chi connectivity index (χ2v) is 6.83. The van der Waals surface area contributed by atoms with Gasteiger partial charge in [0, 0.05) is 25.7 Å². The van der Waals surface area contributed by atoms with Crippen LogP contribution in [-0.4, -0.2) is 39.6 Å². The van der Waals surface area contributed by atoms with Crippen molar-refractivity contribution in [2.24, 2.45) is 0 Å². The number of aromatic nitrogens is 2. The van der Waals surface area contributed by atoms with Gasteiger partial charge in [0.2, 0.25) is 5.91 Å². The summed E-state index contributed by atoms with van der Waals surface area (Å²) in [6.07, 6.45) is 0.897. The monoisotopic (exact) mass is 332 g/mol. The highest BCUT2D eigenvalue weighted by Crippen LogP contribution is 2.29. The zero-order chi connectivity index (χ0) is 16.6. The van der Waals surface area contributed by atoms with Gasteiger partial charge in [-0.3, -0.25) is 14.3 Å². The number of nitrogens with zero attached hydrogens (tertiary/aromatic N) is 3. The Hall–Kier alpha value is -2.15. The van der Waals surface area contributed by atoms with E-state index >= 15 is 0 Å². The third kappa shape index (κ3) is 3.14. The third-order valence-electron chi connectivity index (χ3n) is 4.01. The van der Waals surface area contributed by atoms with Crippen LogP contribution < -0.4 is 5.32 Å². The molecule has 3 rings (SSSR count). The number of amides is 2. The van der Waals surface area contributed by atoms with E-state index in [9.17, 15) is 9.59 Å². The van der Waals surface area contributed by atoms with Crippen LogP contribution in [0.4, 0.5) is 5.69 Å². The van der Waals surface area contributed by atoms with Gasteiger partial charge in [0.05, 0.1) is 17.4 Å². The third-order valence-corrected chi connectivity index (χ3v) is 4.91. The molecule has 1 N–H and O–H groups in total. The molecular weight excluding hydrogens is 312 g/mol. The smallest absolute Gasteiger partial charge is 0.266 e. The van der Waals surface area contributed by atoms with Crippen molar-refractivity contribution in [1.82, 2.24) is 14.7 Å². The molecule has 0 aromatic carbocycles. The van der Waals surface area contributed by atoms with Crippen LogP contribution in [-0.2, 0) is 4.79 Å². The molecule has 0 spiro atoms. The van der Waals surface area contributed by atoms with Gasteiger partial charge in [-0.25, -0.2) is 0 Å². The first-order valence-corrected chi connectivity index (χ1v) is 8.51. The molecular formula is C16H20N4O2S. The Labute approximate surface area is 139 Å². The lowest BCUT2D eigenvalue weighted by Crippen LogP contribution is -2.29. The number of hydrogen-bond acceptors (Lipinski definition) is 4. The second kappa shape index (κ2) is 6.16. The highest BCUT2D eigenvalue weighted by Gasteiger charge is 2.30. The molecule has 0 aliphatic carbocycles. The largest absolute Gasteiger partial charge is 0.336 e. The molecule has 3 heterocycles. The molecule has 6 nitrogen and oxygen atoms in total. The Bertz CT molecular complexity index is 749. The maximum atomic E-state index is 12.7. The number of aryl methyl sites for hydroxylation is 2.